The molecule has 0 unspecified atom stereocenters. The van der Waals surface area contributed by atoms with E-state index in [0.717, 1.165) is 12.1 Å². The summed E-state index contributed by atoms with van der Waals surface area (Å²) in [6, 6.07) is 8.18. The molecule has 0 atom stereocenters. The van der Waals surface area contributed by atoms with Gasteiger partial charge in [0.05, 0.1) is 0 Å². The summed E-state index contributed by atoms with van der Waals surface area (Å²) in [6.07, 6.45) is 2.44. The van der Waals surface area contributed by atoms with Crippen LogP contribution in [0, 0.1) is 0 Å². The third-order valence-electron chi connectivity index (χ3n) is 2.41. The van der Waals surface area contributed by atoms with Crippen molar-refractivity contribution in [2.45, 2.75) is 13.3 Å². The Morgan fingerprint density at radius 2 is 2.18 bits per heavy atom. The third-order valence-corrected chi connectivity index (χ3v) is 3.20. The van der Waals surface area contributed by atoms with Gasteiger partial charge in [0.2, 0.25) is 0 Å². The van der Waals surface area contributed by atoms with Gasteiger partial charge in [-0.15, -0.1) is 0 Å². The molecule has 17 heavy (non-hydrogen) atoms. The van der Waals surface area contributed by atoms with Gasteiger partial charge in [-0.2, -0.15) is 0 Å². The SMILES string of the molecule is CCc1cccc(Nc2ncnc(N)c2Br)c1. The second-order valence-corrected chi connectivity index (χ2v) is 4.39. The second kappa shape index (κ2) is 5.14. The van der Waals surface area contributed by atoms with Crippen molar-refractivity contribution in [2.24, 2.45) is 0 Å². The Morgan fingerprint density at radius 3 is 2.94 bits per heavy atom. The summed E-state index contributed by atoms with van der Waals surface area (Å²) in [5.41, 5.74) is 7.95. The van der Waals surface area contributed by atoms with Gasteiger partial charge in [0, 0.05) is 5.69 Å². The van der Waals surface area contributed by atoms with Crippen LogP contribution in [0.15, 0.2) is 35.1 Å². The highest BCUT2D eigenvalue weighted by molar-refractivity contribution is 9.10. The van der Waals surface area contributed by atoms with Crippen molar-refractivity contribution < 1.29 is 0 Å². The van der Waals surface area contributed by atoms with Crippen LogP contribution in [0.4, 0.5) is 17.3 Å². The Bertz CT molecular complexity index is 528. The molecular formula is C12H13BrN4. The summed E-state index contributed by atoms with van der Waals surface area (Å²) >= 11 is 3.36. The van der Waals surface area contributed by atoms with Crippen LogP contribution in [-0.2, 0) is 6.42 Å². The lowest BCUT2D eigenvalue weighted by Crippen LogP contribution is -2.00. The number of aromatic nitrogens is 2. The van der Waals surface area contributed by atoms with Gasteiger partial charge < -0.3 is 11.1 Å². The Balaban J connectivity index is 2.28. The molecule has 0 aliphatic heterocycles. The van der Waals surface area contributed by atoms with Gasteiger partial charge in [0.1, 0.15) is 22.4 Å². The maximum Gasteiger partial charge on any atom is 0.150 e. The number of aryl methyl sites for hydroxylation is 1. The summed E-state index contributed by atoms with van der Waals surface area (Å²) in [5, 5.41) is 3.21. The fourth-order valence-corrected chi connectivity index (χ4v) is 1.78. The van der Waals surface area contributed by atoms with E-state index in [4.69, 9.17) is 5.73 Å². The van der Waals surface area contributed by atoms with Crippen molar-refractivity contribution in [1.82, 2.24) is 9.97 Å². The quantitative estimate of drug-likeness (QED) is 0.912. The summed E-state index contributed by atoms with van der Waals surface area (Å²) in [4.78, 5) is 8.04. The summed E-state index contributed by atoms with van der Waals surface area (Å²) in [7, 11) is 0. The minimum absolute atomic E-state index is 0.425. The lowest BCUT2D eigenvalue weighted by molar-refractivity contribution is 1.13. The van der Waals surface area contributed by atoms with E-state index in [1.54, 1.807) is 0 Å². The molecule has 1 heterocycles. The lowest BCUT2D eigenvalue weighted by Gasteiger charge is -2.09. The largest absolute Gasteiger partial charge is 0.383 e. The Hall–Kier alpha value is -1.62. The van der Waals surface area contributed by atoms with E-state index in [0.29, 0.717) is 16.1 Å². The normalized spacial score (nSPS) is 10.2. The van der Waals surface area contributed by atoms with Crippen molar-refractivity contribution in [2.75, 3.05) is 11.1 Å². The van der Waals surface area contributed by atoms with E-state index in [-0.39, 0.29) is 0 Å². The molecule has 5 heteroatoms. The number of hydrogen-bond acceptors (Lipinski definition) is 4. The van der Waals surface area contributed by atoms with Crippen LogP contribution in [0.1, 0.15) is 12.5 Å². The number of nitrogens with zero attached hydrogens (tertiary/aromatic N) is 2. The Labute approximate surface area is 108 Å². The zero-order chi connectivity index (χ0) is 12.3. The van der Waals surface area contributed by atoms with Crippen molar-refractivity contribution in [3.05, 3.63) is 40.6 Å². The standard InChI is InChI=1S/C12H13BrN4/c1-2-8-4-3-5-9(6-8)17-12-10(13)11(14)15-7-16-12/h3-7H,2H2,1H3,(H3,14,15,16,17). The van der Waals surface area contributed by atoms with E-state index in [2.05, 4.69) is 50.3 Å². The molecule has 2 rings (SSSR count). The first kappa shape index (κ1) is 11.9. The van der Waals surface area contributed by atoms with Gasteiger partial charge in [-0.1, -0.05) is 19.1 Å². The first-order chi connectivity index (χ1) is 8.20. The van der Waals surface area contributed by atoms with Crippen LogP contribution in [-0.4, -0.2) is 9.97 Å². The molecule has 0 amide bonds. The fraction of sp³-hybridized carbons (Fsp3) is 0.167. The first-order valence-corrected chi connectivity index (χ1v) is 6.12. The molecule has 3 N–H and O–H groups in total. The predicted molar refractivity (Wildman–Crippen MR) is 73.2 cm³/mol. The molecule has 0 spiro atoms. The molecule has 2 aromatic rings. The maximum absolute atomic E-state index is 5.69. The number of hydrogen-bond donors (Lipinski definition) is 2. The molecular weight excluding hydrogens is 280 g/mol. The average molecular weight is 293 g/mol. The lowest BCUT2D eigenvalue weighted by atomic mass is 10.1. The number of nitrogens with one attached hydrogen (secondary N) is 1. The number of nitrogens with two attached hydrogens (primary N) is 1. The summed E-state index contributed by atoms with van der Waals surface area (Å²) in [5.74, 6) is 1.10. The minimum Gasteiger partial charge on any atom is -0.383 e. The number of halogens is 1. The highest BCUT2D eigenvalue weighted by Gasteiger charge is 2.05. The number of anilines is 3. The van der Waals surface area contributed by atoms with Gasteiger partial charge in [-0.3, -0.25) is 0 Å². The molecule has 0 radical (unpaired) electrons. The average Bonchev–Trinajstić information content (AvgIpc) is 2.35. The second-order valence-electron chi connectivity index (χ2n) is 3.60. The topological polar surface area (TPSA) is 63.8 Å². The van der Waals surface area contributed by atoms with Crippen LogP contribution in [0.5, 0.6) is 0 Å². The van der Waals surface area contributed by atoms with Gasteiger partial charge in [-0.05, 0) is 40.0 Å². The van der Waals surface area contributed by atoms with E-state index >= 15 is 0 Å². The van der Waals surface area contributed by atoms with Gasteiger partial charge in [0.25, 0.3) is 0 Å². The van der Waals surface area contributed by atoms with E-state index in [9.17, 15) is 0 Å². The minimum atomic E-state index is 0.425. The molecule has 0 saturated heterocycles. The monoisotopic (exact) mass is 292 g/mol. The number of rotatable bonds is 3. The van der Waals surface area contributed by atoms with Crippen molar-refractivity contribution in [3.63, 3.8) is 0 Å². The van der Waals surface area contributed by atoms with Crippen LogP contribution in [0.25, 0.3) is 0 Å². The van der Waals surface area contributed by atoms with Gasteiger partial charge in [0.15, 0.2) is 0 Å². The molecule has 88 valence electrons. The molecule has 0 aliphatic rings. The molecule has 1 aromatic heterocycles. The zero-order valence-corrected chi connectivity index (χ0v) is 11.0. The van der Waals surface area contributed by atoms with Crippen molar-refractivity contribution >= 4 is 33.3 Å². The van der Waals surface area contributed by atoms with Crippen LogP contribution in [0.3, 0.4) is 0 Å². The van der Waals surface area contributed by atoms with Crippen LogP contribution >= 0.6 is 15.9 Å². The van der Waals surface area contributed by atoms with Gasteiger partial charge in [-0.25, -0.2) is 9.97 Å². The maximum atomic E-state index is 5.69. The van der Waals surface area contributed by atoms with E-state index < -0.39 is 0 Å². The smallest absolute Gasteiger partial charge is 0.150 e. The number of benzene rings is 1. The highest BCUT2D eigenvalue weighted by Crippen LogP contribution is 2.27. The summed E-state index contributed by atoms with van der Waals surface area (Å²) < 4.78 is 0.682. The predicted octanol–water partition coefficient (Wildman–Crippen LogP) is 3.13. The third kappa shape index (κ3) is 2.74. The van der Waals surface area contributed by atoms with Crippen LogP contribution < -0.4 is 11.1 Å². The van der Waals surface area contributed by atoms with Crippen molar-refractivity contribution in [1.29, 1.82) is 0 Å². The molecule has 0 saturated carbocycles. The zero-order valence-electron chi connectivity index (χ0n) is 9.44. The van der Waals surface area contributed by atoms with Crippen molar-refractivity contribution in [3.8, 4) is 0 Å². The fourth-order valence-electron chi connectivity index (χ4n) is 1.48. The highest BCUT2D eigenvalue weighted by atomic mass is 79.9. The molecule has 1 aromatic carbocycles. The Kier molecular flexibility index (Phi) is 3.58. The first-order valence-electron chi connectivity index (χ1n) is 5.32. The summed E-state index contributed by atoms with van der Waals surface area (Å²) in [6.45, 7) is 2.12. The number of nitrogen functional groups attached to an aromatic ring is 1. The van der Waals surface area contributed by atoms with Crippen LogP contribution in [0.2, 0.25) is 0 Å². The molecule has 0 fully saturated rings. The van der Waals surface area contributed by atoms with Gasteiger partial charge >= 0.3 is 0 Å². The molecule has 0 bridgehead atoms. The van der Waals surface area contributed by atoms with E-state index in [1.165, 1.54) is 11.9 Å². The van der Waals surface area contributed by atoms with E-state index in [1.807, 2.05) is 12.1 Å². The molecule has 0 aliphatic carbocycles. The molecule has 4 nitrogen and oxygen atoms in total. The Morgan fingerprint density at radius 1 is 1.35 bits per heavy atom.